The number of aryl methyl sites for hydroxylation is 1. The molecule has 17 heavy (non-hydrogen) atoms. The molecule has 0 amide bonds. The average molecular weight is 245 g/mol. The van der Waals surface area contributed by atoms with Gasteiger partial charge in [0.2, 0.25) is 6.08 Å². The lowest BCUT2D eigenvalue weighted by molar-refractivity contribution is 0.565. The summed E-state index contributed by atoms with van der Waals surface area (Å²) in [6, 6.07) is 7.45. The first-order valence-corrected chi connectivity index (χ1v) is 5.38. The number of pyridine rings is 1. The molecule has 0 unspecified atom stereocenters. The van der Waals surface area contributed by atoms with E-state index >= 15 is 0 Å². The van der Waals surface area contributed by atoms with Gasteiger partial charge in [-0.2, -0.15) is 4.99 Å². The van der Waals surface area contributed by atoms with E-state index in [0.717, 1.165) is 16.7 Å². The van der Waals surface area contributed by atoms with Gasteiger partial charge < -0.3 is 0 Å². The van der Waals surface area contributed by atoms with Crippen LogP contribution in [0.2, 0.25) is 5.02 Å². The predicted octanol–water partition coefficient (Wildman–Crippen LogP) is 3.68. The lowest BCUT2D eigenvalue weighted by Gasteiger charge is -2.06. The lowest BCUT2D eigenvalue weighted by atomic mass is 10.0. The van der Waals surface area contributed by atoms with Crippen molar-refractivity contribution in [3.05, 3.63) is 47.2 Å². The van der Waals surface area contributed by atoms with Gasteiger partial charge in [0.05, 0.1) is 6.20 Å². The molecule has 0 aliphatic heterocycles. The zero-order valence-electron chi connectivity index (χ0n) is 9.14. The van der Waals surface area contributed by atoms with E-state index in [1.54, 1.807) is 12.3 Å². The van der Waals surface area contributed by atoms with E-state index in [0.29, 0.717) is 10.7 Å². The fourth-order valence-electron chi connectivity index (χ4n) is 1.58. The quantitative estimate of drug-likeness (QED) is 0.597. The predicted molar refractivity (Wildman–Crippen MR) is 67.2 cm³/mol. The number of hydrogen-bond donors (Lipinski definition) is 0. The molecule has 0 saturated carbocycles. The number of aromatic nitrogens is 1. The molecule has 0 spiro atoms. The molecule has 0 aliphatic rings. The van der Waals surface area contributed by atoms with Gasteiger partial charge in [0.15, 0.2) is 0 Å². The van der Waals surface area contributed by atoms with Crippen molar-refractivity contribution in [2.75, 3.05) is 0 Å². The van der Waals surface area contributed by atoms with Crippen molar-refractivity contribution in [2.45, 2.75) is 6.92 Å². The van der Waals surface area contributed by atoms with Crippen molar-refractivity contribution >= 4 is 23.4 Å². The van der Waals surface area contributed by atoms with Crippen LogP contribution in [0, 0.1) is 6.92 Å². The van der Waals surface area contributed by atoms with Gasteiger partial charge in [-0.25, -0.2) is 4.79 Å². The van der Waals surface area contributed by atoms with Crippen molar-refractivity contribution in [3.63, 3.8) is 0 Å². The molecule has 4 heteroatoms. The Morgan fingerprint density at radius 3 is 2.88 bits per heavy atom. The minimum absolute atomic E-state index is 0.504. The van der Waals surface area contributed by atoms with E-state index in [2.05, 4.69) is 9.98 Å². The van der Waals surface area contributed by atoms with Crippen LogP contribution in [-0.4, -0.2) is 11.1 Å². The van der Waals surface area contributed by atoms with Crippen molar-refractivity contribution in [3.8, 4) is 11.1 Å². The molecule has 0 fully saturated rings. The van der Waals surface area contributed by atoms with Crippen LogP contribution >= 0.6 is 11.6 Å². The molecular formula is C13H9ClN2O. The van der Waals surface area contributed by atoms with Crippen molar-refractivity contribution in [1.29, 1.82) is 0 Å². The minimum Gasteiger partial charge on any atom is -0.262 e. The van der Waals surface area contributed by atoms with Crippen LogP contribution in [-0.2, 0) is 4.79 Å². The van der Waals surface area contributed by atoms with Gasteiger partial charge in [-0.3, -0.25) is 4.98 Å². The molecule has 0 aliphatic carbocycles. The van der Waals surface area contributed by atoms with E-state index in [-0.39, 0.29) is 0 Å². The highest BCUT2D eigenvalue weighted by molar-refractivity contribution is 6.31. The number of hydrogen-bond acceptors (Lipinski definition) is 3. The zero-order valence-corrected chi connectivity index (χ0v) is 9.90. The second-order valence-electron chi connectivity index (χ2n) is 3.56. The van der Waals surface area contributed by atoms with Crippen LogP contribution < -0.4 is 0 Å². The van der Waals surface area contributed by atoms with Gasteiger partial charge in [-0.05, 0) is 36.2 Å². The highest BCUT2D eigenvalue weighted by atomic mass is 35.5. The monoisotopic (exact) mass is 244 g/mol. The maximum absolute atomic E-state index is 10.3. The Morgan fingerprint density at radius 1 is 1.35 bits per heavy atom. The van der Waals surface area contributed by atoms with Gasteiger partial charge in [-0.1, -0.05) is 17.7 Å². The van der Waals surface area contributed by atoms with Crippen LogP contribution in [0.4, 0.5) is 5.69 Å². The molecule has 1 aromatic heterocycles. The van der Waals surface area contributed by atoms with Gasteiger partial charge >= 0.3 is 0 Å². The number of benzene rings is 1. The standard InChI is InChI=1S/C13H9ClN2O/c1-9-6-10(2-3-12(9)14)11-4-5-15-7-13(11)16-8-17/h2-7H,1H3. The molecule has 0 N–H and O–H groups in total. The molecule has 0 saturated heterocycles. The maximum atomic E-state index is 10.3. The van der Waals surface area contributed by atoms with Crippen molar-refractivity contribution in [2.24, 2.45) is 4.99 Å². The number of aliphatic imine (C=N–C) groups is 1. The largest absolute Gasteiger partial charge is 0.262 e. The number of rotatable bonds is 2. The summed E-state index contributed by atoms with van der Waals surface area (Å²) >= 11 is 5.97. The summed E-state index contributed by atoms with van der Waals surface area (Å²) in [5, 5.41) is 0.711. The van der Waals surface area contributed by atoms with Crippen molar-refractivity contribution < 1.29 is 4.79 Å². The van der Waals surface area contributed by atoms with Crippen LogP contribution in [0.3, 0.4) is 0 Å². The molecule has 2 aromatic rings. The lowest BCUT2D eigenvalue weighted by Crippen LogP contribution is -1.83. The Labute approximate surface area is 104 Å². The van der Waals surface area contributed by atoms with Gasteiger partial charge in [-0.15, -0.1) is 0 Å². The Morgan fingerprint density at radius 2 is 2.18 bits per heavy atom. The van der Waals surface area contributed by atoms with E-state index in [1.807, 2.05) is 25.1 Å². The second kappa shape index (κ2) is 4.91. The number of carbonyl (C=O) groups excluding carboxylic acids is 1. The summed E-state index contributed by atoms with van der Waals surface area (Å²) in [7, 11) is 0. The second-order valence-corrected chi connectivity index (χ2v) is 3.97. The van der Waals surface area contributed by atoms with Crippen LogP contribution in [0.15, 0.2) is 41.7 Å². The van der Waals surface area contributed by atoms with Gasteiger partial charge in [0.25, 0.3) is 0 Å². The Hall–Kier alpha value is -1.96. The fraction of sp³-hybridized carbons (Fsp3) is 0.0769. The molecule has 1 heterocycles. The van der Waals surface area contributed by atoms with Gasteiger partial charge in [0, 0.05) is 16.8 Å². The third kappa shape index (κ3) is 2.41. The van der Waals surface area contributed by atoms with Crippen molar-refractivity contribution in [1.82, 2.24) is 4.98 Å². The number of halogens is 1. The highest BCUT2D eigenvalue weighted by Gasteiger charge is 2.05. The zero-order chi connectivity index (χ0) is 12.3. The molecule has 0 bridgehead atoms. The van der Waals surface area contributed by atoms with E-state index in [4.69, 9.17) is 11.6 Å². The third-order valence-corrected chi connectivity index (χ3v) is 2.86. The van der Waals surface area contributed by atoms with Crippen LogP contribution in [0.25, 0.3) is 11.1 Å². The van der Waals surface area contributed by atoms with E-state index < -0.39 is 0 Å². The third-order valence-electron chi connectivity index (χ3n) is 2.44. The molecule has 2 rings (SSSR count). The summed E-state index contributed by atoms with van der Waals surface area (Å²) in [6.45, 7) is 1.93. The summed E-state index contributed by atoms with van der Waals surface area (Å²) in [6.07, 6.45) is 4.72. The van der Waals surface area contributed by atoms with Crippen LogP contribution in [0.1, 0.15) is 5.56 Å². The molecule has 3 nitrogen and oxygen atoms in total. The smallest absolute Gasteiger partial charge is 0.240 e. The first kappa shape index (κ1) is 11.5. The summed E-state index contributed by atoms with van der Waals surface area (Å²) in [4.78, 5) is 17.9. The fourth-order valence-corrected chi connectivity index (χ4v) is 1.70. The van der Waals surface area contributed by atoms with Gasteiger partial charge in [0.1, 0.15) is 5.69 Å². The first-order valence-electron chi connectivity index (χ1n) is 5.01. The minimum atomic E-state index is 0.504. The SMILES string of the molecule is Cc1cc(-c2ccncc2N=C=O)ccc1Cl. The first-order chi connectivity index (χ1) is 8.22. The molecule has 84 valence electrons. The molecule has 0 atom stereocenters. The van der Waals surface area contributed by atoms with Crippen LogP contribution in [0.5, 0.6) is 0 Å². The molecule has 1 aromatic carbocycles. The summed E-state index contributed by atoms with van der Waals surface area (Å²) < 4.78 is 0. The van der Waals surface area contributed by atoms with E-state index in [1.165, 1.54) is 12.3 Å². The van der Waals surface area contributed by atoms with E-state index in [9.17, 15) is 4.79 Å². The molecular weight excluding hydrogens is 236 g/mol. The Balaban J connectivity index is 2.59. The highest BCUT2D eigenvalue weighted by Crippen LogP contribution is 2.31. The Kier molecular flexibility index (Phi) is 3.33. The molecule has 0 radical (unpaired) electrons. The maximum Gasteiger partial charge on any atom is 0.240 e. The topological polar surface area (TPSA) is 42.3 Å². The number of isocyanates is 1. The normalized spacial score (nSPS) is 9.76. The Bertz CT molecular complexity index is 604. The summed E-state index contributed by atoms with van der Waals surface area (Å²) in [5.74, 6) is 0. The summed E-state index contributed by atoms with van der Waals surface area (Å²) in [5.41, 5.74) is 3.26. The average Bonchev–Trinajstić information content (AvgIpc) is 2.34. The number of nitrogens with zero attached hydrogens (tertiary/aromatic N) is 2.